The molecular weight excluding hydrogens is 418 g/mol. The molecule has 3 amide bonds. The Kier molecular flexibility index (Phi) is 5.50. The summed E-state index contributed by atoms with van der Waals surface area (Å²) in [6.45, 7) is 2.87. The maximum absolute atomic E-state index is 13.0. The fourth-order valence-corrected chi connectivity index (χ4v) is 4.94. The number of hydrogen-bond donors (Lipinski definition) is 2. The summed E-state index contributed by atoms with van der Waals surface area (Å²) in [6.07, 6.45) is 3.07. The third-order valence-electron chi connectivity index (χ3n) is 6.64. The second kappa shape index (κ2) is 8.48. The fourth-order valence-electron chi connectivity index (χ4n) is 4.94. The highest BCUT2D eigenvalue weighted by Gasteiger charge is 2.35. The molecule has 3 aromatic rings. The molecule has 2 N–H and O–H groups in total. The van der Waals surface area contributed by atoms with Crippen molar-refractivity contribution in [2.24, 2.45) is 0 Å². The van der Waals surface area contributed by atoms with Gasteiger partial charge in [0.15, 0.2) is 0 Å². The number of aromatic amines is 1. The molecule has 2 aromatic carbocycles. The van der Waals surface area contributed by atoms with E-state index in [1.165, 1.54) is 27.1 Å². The molecule has 170 valence electrons. The molecule has 1 aliphatic carbocycles. The predicted octanol–water partition coefficient (Wildman–Crippen LogP) is 3.40. The summed E-state index contributed by atoms with van der Waals surface area (Å²) in [6, 6.07) is 11.2. The predicted molar refractivity (Wildman–Crippen MR) is 125 cm³/mol. The molecule has 0 radical (unpaired) electrons. The second-order valence-electron chi connectivity index (χ2n) is 8.91. The van der Waals surface area contributed by atoms with Crippen molar-refractivity contribution in [2.45, 2.75) is 38.6 Å². The number of imide groups is 1. The van der Waals surface area contributed by atoms with E-state index in [4.69, 9.17) is 4.74 Å². The van der Waals surface area contributed by atoms with Crippen LogP contribution in [0, 0.1) is 6.92 Å². The molecule has 1 unspecified atom stereocenters. The largest absolute Gasteiger partial charge is 0.385 e. The van der Waals surface area contributed by atoms with Gasteiger partial charge in [-0.2, -0.15) is 0 Å². The van der Waals surface area contributed by atoms with Gasteiger partial charge >= 0.3 is 0 Å². The summed E-state index contributed by atoms with van der Waals surface area (Å²) >= 11 is 0. The first-order valence-corrected chi connectivity index (χ1v) is 11.4. The molecule has 5 rings (SSSR count). The SMILES string of the molecule is COCCCN1C(=O)c2ccc(C(=O)NC3CCc4c([nH]c5ccc(C)cc45)C3)cc2C1=O. The average molecular weight is 446 g/mol. The maximum Gasteiger partial charge on any atom is 0.261 e. The lowest BCUT2D eigenvalue weighted by Crippen LogP contribution is -2.38. The Labute approximate surface area is 192 Å². The molecule has 0 bridgehead atoms. The van der Waals surface area contributed by atoms with E-state index in [9.17, 15) is 14.4 Å². The zero-order valence-electron chi connectivity index (χ0n) is 18.9. The lowest BCUT2D eigenvalue weighted by atomic mass is 9.91. The van der Waals surface area contributed by atoms with Crippen LogP contribution in [0.3, 0.4) is 0 Å². The fraction of sp³-hybridized carbons (Fsp3) is 0.346. The minimum Gasteiger partial charge on any atom is -0.385 e. The minimum atomic E-state index is -0.351. The third-order valence-corrected chi connectivity index (χ3v) is 6.64. The van der Waals surface area contributed by atoms with Crippen LogP contribution in [-0.2, 0) is 17.6 Å². The zero-order valence-corrected chi connectivity index (χ0v) is 18.9. The molecule has 33 heavy (non-hydrogen) atoms. The standard InChI is InChI=1S/C26H27N3O4/c1-15-4-9-22-20(12-15)18-8-6-17(14-23(18)28-22)27-24(30)16-5-7-19-21(13-16)26(32)29(25(19)31)10-3-11-33-2/h4-5,7,9,12-13,17,28H,3,6,8,10-11,14H2,1-2H3,(H,27,30). The van der Waals surface area contributed by atoms with Crippen LogP contribution in [0.25, 0.3) is 10.9 Å². The summed E-state index contributed by atoms with van der Waals surface area (Å²) in [4.78, 5) is 43.0. The number of fused-ring (bicyclic) bond motifs is 4. The first kappa shape index (κ1) is 21.4. The number of methoxy groups -OCH3 is 1. The van der Waals surface area contributed by atoms with Crippen LogP contribution in [-0.4, -0.2) is 53.9 Å². The van der Waals surface area contributed by atoms with Crippen LogP contribution in [0.4, 0.5) is 0 Å². The number of amides is 3. The lowest BCUT2D eigenvalue weighted by Gasteiger charge is -2.23. The van der Waals surface area contributed by atoms with Gasteiger partial charge in [-0.05, 0) is 62.1 Å². The Hall–Kier alpha value is -3.45. The Balaban J connectivity index is 1.29. The summed E-state index contributed by atoms with van der Waals surface area (Å²) in [5, 5.41) is 4.39. The molecular formula is C26H27N3O4. The van der Waals surface area contributed by atoms with Gasteiger partial charge in [0.2, 0.25) is 0 Å². The minimum absolute atomic E-state index is 0.00953. The molecule has 7 heteroatoms. The molecule has 2 heterocycles. The number of H-pyrrole nitrogens is 1. The normalized spacial score (nSPS) is 17.4. The molecule has 1 atom stereocenters. The highest BCUT2D eigenvalue weighted by Crippen LogP contribution is 2.30. The van der Waals surface area contributed by atoms with Crippen molar-refractivity contribution in [3.05, 3.63) is 69.9 Å². The molecule has 0 spiro atoms. The quantitative estimate of drug-likeness (QED) is 0.449. The number of ether oxygens (including phenoxy) is 1. The van der Waals surface area contributed by atoms with Crippen molar-refractivity contribution >= 4 is 28.6 Å². The summed E-state index contributed by atoms with van der Waals surface area (Å²) in [5.74, 6) is -0.889. The molecule has 1 aliphatic heterocycles. The molecule has 1 aromatic heterocycles. The van der Waals surface area contributed by atoms with Gasteiger partial charge in [-0.25, -0.2) is 0 Å². The van der Waals surface area contributed by atoms with E-state index < -0.39 is 0 Å². The topological polar surface area (TPSA) is 91.5 Å². The number of aromatic nitrogens is 1. The highest BCUT2D eigenvalue weighted by molar-refractivity contribution is 6.22. The molecule has 2 aliphatic rings. The lowest BCUT2D eigenvalue weighted by molar-refractivity contribution is 0.0638. The Morgan fingerprint density at radius 3 is 2.79 bits per heavy atom. The van der Waals surface area contributed by atoms with Crippen LogP contribution >= 0.6 is 0 Å². The van der Waals surface area contributed by atoms with Gasteiger partial charge in [-0.15, -0.1) is 0 Å². The van der Waals surface area contributed by atoms with E-state index in [2.05, 4.69) is 35.4 Å². The highest BCUT2D eigenvalue weighted by atomic mass is 16.5. The molecule has 0 fully saturated rings. The van der Waals surface area contributed by atoms with Crippen LogP contribution in [0.1, 0.15) is 60.7 Å². The number of rotatable bonds is 6. The van der Waals surface area contributed by atoms with Crippen LogP contribution in [0.5, 0.6) is 0 Å². The van der Waals surface area contributed by atoms with Crippen LogP contribution < -0.4 is 5.32 Å². The van der Waals surface area contributed by atoms with Crippen molar-refractivity contribution in [3.8, 4) is 0 Å². The van der Waals surface area contributed by atoms with E-state index in [1.807, 2.05) is 0 Å². The van der Waals surface area contributed by atoms with Gasteiger partial charge in [-0.1, -0.05) is 11.6 Å². The van der Waals surface area contributed by atoms with Crippen LogP contribution in [0.15, 0.2) is 36.4 Å². The molecule has 7 nitrogen and oxygen atoms in total. The first-order chi connectivity index (χ1) is 16.0. The summed E-state index contributed by atoms with van der Waals surface area (Å²) in [5.41, 5.74) is 5.93. The average Bonchev–Trinajstić information content (AvgIpc) is 3.28. The number of aryl methyl sites for hydroxylation is 2. The van der Waals surface area contributed by atoms with E-state index in [-0.39, 0.29) is 23.8 Å². The Bertz CT molecular complexity index is 1280. The van der Waals surface area contributed by atoms with E-state index in [0.717, 1.165) is 24.8 Å². The van der Waals surface area contributed by atoms with Crippen molar-refractivity contribution < 1.29 is 19.1 Å². The number of nitrogens with zero attached hydrogens (tertiary/aromatic N) is 1. The van der Waals surface area contributed by atoms with Gasteiger partial charge in [0.1, 0.15) is 0 Å². The zero-order chi connectivity index (χ0) is 23.1. The number of carbonyl (C=O) groups is 3. The summed E-state index contributed by atoms with van der Waals surface area (Å²) in [7, 11) is 1.58. The molecule has 0 saturated carbocycles. The number of benzene rings is 2. The second-order valence-corrected chi connectivity index (χ2v) is 8.91. The number of carbonyl (C=O) groups excluding carboxylic acids is 3. The van der Waals surface area contributed by atoms with Gasteiger partial charge in [0, 0.05) is 54.9 Å². The van der Waals surface area contributed by atoms with Gasteiger partial charge in [0.25, 0.3) is 17.7 Å². The van der Waals surface area contributed by atoms with Gasteiger partial charge in [-0.3, -0.25) is 19.3 Å². The van der Waals surface area contributed by atoms with Crippen molar-refractivity contribution in [1.82, 2.24) is 15.2 Å². The third kappa shape index (κ3) is 3.82. The first-order valence-electron chi connectivity index (χ1n) is 11.4. The summed E-state index contributed by atoms with van der Waals surface area (Å²) < 4.78 is 5.01. The smallest absolute Gasteiger partial charge is 0.261 e. The Morgan fingerprint density at radius 1 is 1.15 bits per heavy atom. The van der Waals surface area contributed by atoms with Crippen LogP contribution in [0.2, 0.25) is 0 Å². The van der Waals surface area contributed by atoms with Gasteiger partial charge in [0.05, 0.1) is 11.1 Å². The number of hydrogen-bond acceptors (Lipinski definition) is 4. The van der Waals surface area contributed by atoms with Gasteiger partial charge < -0.3 is 15.0 Å². The number of nitrogens with one attached hydrogen (secondary N) is 2. The van der Waals surface area contributed by atoms with E-state index in [1.54, 1.807) is 25.3 Å². The van der Waals surface area contributed by atoms with E-state index >= 15 is 0 Å². The molecule has 0 saturated heterocycles. The van der Waals surface area contributed by atoms with Crippen molar-refractivity contribution in [1.29, 1.82) is 0 Å². The Morgan fingerprint density at radius 2 is 1.97 bits per heavy atom. The monoisotopic (exact) mass is 445 g/mol. The maximum atomic E-state index is 13.0. The van der Waals surface area contributed by atoms with Crippen molar-refractivity contribution in [2.75, 3.05) is 20.3 Å². The van der Waals surface area contributed by atoms with E-state index in [0.29, 0.717) is 36.3 Å². The van der Waals surface area contributed by atoms with Crippen molar-refractivity contribution in [3.63, 3.8) is 0 Å².